The smallest absolute Gasteiger partial charge is 0.258 e. The summed E-state index contributed by atoms with van der Waals surface area (Å²) in [4.78, 5) is 10.2. The van der Waals surface area contributed by atoms with Crippen LogP contribution in [0.5, 0.6) is 0 Å². The van der Waals surface area contributed by atoms with E-state index in [2.05, 4.69) is 13.0 Å². The molecule has 2 aromatic carbocycles. The summed E-state index contributed by atoms with van der Waals surface area (Å²) < 4.78 is 0. The van der Waals surface area contributed by atoms with Crippen LogP contribution < -0.4 is 0 Å². The van der Waals surface area contributed by atoms with Gasteiger partial charge in [0.25, 0.3) is 5.69 Å². The maximum atomic E-state index is 10.6. The predicted octanol–water partition coefficient (Wildman–Crippen LogP) is 4.20. The molecule has 0 N–H and O–H groups in total. The van der Waals surface area contributed by atoms with Gasteiger partial charge in [-0.1, -0.05) is 31.2 Å². The van der Waals surface area contributed by atoms with Gasteiger partial charge in [-0.2, -0.15) is 5.26 Å². The van der Waals surface area contributed by atoms with Crippen LogP contribution in [0.2, 0.25) is 0 Å². The van der Waals surface area contributed by atoms with Crippen molar-refractivity contribution in [3.05, 3.63) is 75.3 Å². The number of nitro groups is 1. The van der Waals surface area contributed by atoms with Gasteiger partial charge in [0, 0.05) is 12.1 Å². The zero-order valence-corrected chi connectivity index (χ0v) is 11.8. The first-order chi connectivity index (χ1) is 10.1. The molecule has 21 heavy (non-hydrogen) atoms. The van der Waals surface area contributed by atoms with Crippen molar-refractivity contribution in [1.29, 1.82) is 5.26 Å². The Kier molecular flexibility index (Phi) is 4.68. The van der Waals surface area contributed by atoms with Crippen molar-refractivity contribution in [2.24, 2.45) is 0 Å². The first-order valence-corrected chi connectivity index (χ1v) is 6.83. The highest BCUT2D eigenvalue weighted by atomic mass is 16.6. The minimum absolute atomic E-state index is 0.124. The Morgan fingerprint density at radius 2 is 1.76 bits per heavy atom. The fourth-order valence-electron chi connectivity index (χ4n) is 2.22. The molecule has 0 aromatic heterocycles. The monoisotopic (exact) mass is 280 g/mol. The van der Waals surface area contributed by atoms with E-state index in [-0.39, 0.29) is 10.6 Å². The third kappa shape index (κ3) is 3.90. The van der Waals surface area contributed by atoms with Crippen molar-refractivity contribution in [3.8, 4) is 6.07 Å². The number of nitriles is 1. The number of hydrogen-bond acceptors (Lipinski definition) is 3. The number of nitrogens with zero attached hydrogens (tertiary/aromatic N) is 2. The lowest BCUT2D eigenvalue weighted by molar-refractivity contribution is -0.384. The highest BCUT2D eigenvalue weighted by molar-refractivity contribution is 5.34. The Hall–Kier alpha value is -2.67. The molecule has 0 amide bonds. The van der Waals surface area contributed by atoms with E-state index in [9.17, 15) is 10.1 Å². The van der Waals surface area contributed by atoms with E-state index in [4.69, 9.17) is 5.26 Å². The summed E-state index contributed by atoms with van der Waals surface area (Å²) in [7, 11) is 0. The molecule has 0 radical (unpaired) electrons. The Morgan fingerprint density at radius 3 is 2.29 bits per heavy atom. The minimum atomic E-state index is -0.386. The van der Waals surface area contributed by atoms with Crippen LogP contribution in [0.1, 0.15) is 36.0 Å². The van der Waals surface area contributed by atoms with Gasteiger partial charge in [0.1, 0.15) is 0 Å². The van der Waals surface area contributed by atoms with Gasteiger partial charge in [-0.25, -0.2) is 0 Å². The van der Waals surface area contributed by atoms with Gasteiger partial charge < -0.3 is 0 Å². The molecule has 0 aliphatic heterocycles. The van der Waals surface area contributed by atoms with Crippen LogP contribution in [-0.2, 0) is 6.42 Å². The molecule has 2 aromatic rings. The molecule has 0 spiro atoms. The lowest BCUT2D eigenvalue weighted by atomic mass is 9.93. The molecular weight excluding hydrogens is 264 g/mol. The second-order valence-corrected chi connectivity index (χ2v) is 5.10. The topological polar surface area (TPSA) is 66.9 Å². The second-order valence-electron chi connectivity index (χ2n) is 5.10. The molecule has 0 bridgehead atoms. The number of rotatable bonds is 5. The largest absolute Gasteiger partial charge is 0.269 e. The molecule has 0 heterocycles. The van der Waals surface area contributed by atoms with E-state index in [1.807, 2.05) is 36.4 Å². The summed E-state index contributed by atoms with van der Waals surface area (Å²) in [5.74, 6) is 0.382. The fourth-order valence-corrected chi connectivity index (χ4v) is 2.22. The van der Waals surface area contributed by atoms with E-state index in [0.29, 0.717) is 11.5 Å². The third-order valence-corrected chi connectivity index (χ3v) is 3.62. The van der Waals surface area contributed by atoms with Gasteiger partial charge in [0.2, 0.25) is 0 Å². The predicted molar refractivity (Wildman–Crippen MR) is 81.0 cm³/mol. The van der Waals surface area contributed by atoms with Gasteiger partial charge in [0.05, 0.1) is 16.6 Å². The average Bonchev–Trinajstić information content (AvgIpc) is 2.53. The number of aryl methyl sites for hydroxylation is 1. The van der Waals surface area contributed by atoms with Crippen molar-refractivity contribution >= 4 is 5.69 Å². The van der Waals surface area contributed by atoms with Gasteiger partial charge in [-0.3, -0.25) is 10.1 Å². The number of nitro benzene ring substituents is 1. The van der Waals surface area contributed by atoms with E-state index < -0.39 is 0 Å². The van der Waals surface area contributed by atoms with Crippen LogP contribution in [0.25, 0.3) is 0 Å². The van der Waals surface area contributed by atoms with Crippen LogP contribution in [0.15, 0.2) is 48.5 Å². The van der Waals surface area contributed by atoms with E-state index >= 15 is 0 Å². The lowest BCUT2D eigenvalue weighted by Gasteiger charge is -2.11. The maximum Gasteiger partial charge on any atom is 0.269 e. The molecule has 0 aliphatic carbocycles. The van der Waals surface area contributed by atoms with Gasteiger partial charge in [0.15, 0.2) is 0 Å². The standard InChI is InChI=1S/C17H16N2O2/c1-13(16-8-4-15(12-18)5-9-16)2-3-14-6-10-17(11-7-14)19(20)21/h4-11,13H,2-3H2,1H3. The second kappa shape index (κ2) is 6.67. The molecule has 0 fully saturated rings. The molecule has 0 saturated heterocycles. The molecular formula is C17H16N2O2. The van der Waals surface area contributed by atoms with Crippen LogP contribution in [0, 0.1) is 21.4 Å². The average molecular weight is 280 g/mol. The molecule has 4 nitrogen and oxygen atoms in total. The van der Waals surface area contributed by atoms with Gasteiger partial charge in [-0.05, 0) is 42.0 Å². The maximum absolute atomic E-state index is 10.6. The Bertz CT molecular complexity index is 655. The highest BCUT2D eigenvalue weighted by Crippen LogP contribution is 2.22. The summed E-state index contributed by atoms with van der Waals surface area (Å²) in [6.07, 6.45) is 1.84. The van der Waals surface area contributed by atoms with Crippen molar-refractivity contribution in [2.45, 2.75) is 25.7 Å². The molecule has 1 unspecified atom stereocenters. The first-order valence-electron chi connectivity index (χ1n) is 6.83. The van der Waals surface area contributed by atoms with E-state index in [1.165, 1.54) is 5.56 Å². The van der Waals surface area contributed by atoms with Gasteiger partial charge >= 0.3 is 0 Å². The van der Waals surface area contributed by atoms with Crippen LogP contribution >= 0.6 is 0 Å². The number of non-ortho nitro benzene ring substituents is 1. The summed E-state index contributed by atoms with van der Waals surface area (Å²) in [6.45, 7) is 2.15. The fraction of sp³-hybridized carbons (Fsp3) is 0.235. The number of benzene rings is 2. The summed E-state index contributed by atoms with van der Waals surface area (Å²) in [5.41, 5.74) is 3.09. The SMILES string of the molecule is CC(CCc1ccc([N+](=O)[O-])cc1)c1ccc(C#N)cc1. The number of hydrogen-bond donors (Lipinski definition) is 0. The Balaban J connectivity index is 1.95. The van der Waals surface area contributed by atoms with Crippen molar-refractivity contribution in [1.82, 2.24) is 0 Å². The van der Waals surface area contributed by atoms with E-state index in [0.717, 1.165) is 18.4 Å². The van der Waals surface area contributed by atoms with Crippen LogP contribution in [0.4, 0.5) is 5.69 Å². The molecule has 106 valence electrons. The highest BCUT2D eigenvalue weighted by Gasteiger charge is 2.08. The molecule has 2 rings (SSSR count). The van der Waals surface area contributed by atoms with Crippen LogP contribution in [-0.4, -0.2) is 4.92 Å². The zero-order chi connectivity index (χ0) is 15.2. The van der Waals surface area contributed by atoms with E-state index in [1.54, 1.807) is 12.1 Å². The normalized spacial score (nSPS) is 11.6. The molecule has 1 atom stereocenters. The van der Waals surface area contributed by atoms with Gasteiger partial charge in [-0.15, -0.1) is 0 Å². The molecule has 0 aliphatic rings. The minimum Gasteiger partial charge on any atom is -0.258 e. The van der Waals surface area contributed by atoms with Crippen molar-refractivity contribution in [3.63, 3.8) is 0 Å². The van der Waals surface area contributed by atoms with Crippen molar-refractivity contribution < 1.29 is 4.92 Å². The molecule has 0 saturated carbocycles. The Morgan fingerprint density at radius 1 is 1.14 bits per heavy atom. The summed E-state index contributed by atoms with van der Waals surface area (Å²) in [5, 5.41) is 19.4. The van der Waals surface area contributed by atoms with Crippen molar-refractivity contribution in [2.75, 3.05) is 0 Å². The quantitative estimate of drug-likeness (QED) is 0.608. The van der Waals surface area contributed by atoms with Crippen LogP contribution in [0.3, 0.4) is 0 Å². The molecule has 4 heteroatoms. The Labute approximate surface area is 123 Å². The zero-order valence-electron chi connectivity index (χ0n) is 11.8. The lowest BCUT2D eigenvalue weighted by Crippen LogP contribution is -1.97. The summed E-state index contributed by atoms with van der Waals surface area (Å²) >= 11 is 0. The first kappa shape index (κ1) is 14.7. The third-order valence-electron chi connectivity index (χ3n) is 3.62. The summed E-state index contributed by atoms with van der Waals surface area (Å²) in [6, 6.07) is 16.4.